The quantitative estimate of drug-likeness (QED) is 0.423. The van der Waals surface area contributed by atoms with Crippen LogP contribution in [0.3, 0.4) is 0 Å². The van der Waals surface area contributed by atoms with Crippen LogP contribution in [-0.4, -0.2) is 42.5 Å². The Kier molecular flexibility index (Phi) is 3.21. The summed E-state index contributed by atoms with van der Waals surface area (Å²) in [6.07, 6.45) is -1.38. The topological polar surface area (TPSA) is 88.2 Å². The molecule has 74 valence electrons. The highest BCUT2D eigenvalue weighted by Crippen LogP contribution is 2.18. The molecule has 2 N–H and O–H groups in total. The molecule has 0 aromatic heterocycles. The van der Waals surface area contributed by atoms with Gasteiger partial charge >= 0.3 is 11.9 Å². The summed E-state index contributed by atoms with van der Waals surface area (Å²) in [5.41, 5.74) is 0. The van der Waals surface area contributed by atoms with Crippen LogP contribution in [-0.2, 0) is 19.1 Å². The fourth-order valence-corrected chi connectivity index (χ4v) is 0.851. The van der Waals surface area contributed by atoms with Crippen LogP contribution in [0.15, 0.2) is 0 Å². The molecule has 0 saturated carbocycles. The summed E-state index contributed by atoms with van der Waals surface area (Å²) in [6, 6.07) is 0. The lowest BCUT2D eigenvalue weighted by molar-refractivity contribution is -0.142. The van der Waals surface area contributed by atoms with Crippen molar-refractivity contribution in [2.45, 2.75) is 19.3 Å². The second kappa shape index (κ2) is 4.20. The van der Waals surface area contributed by atoms with Crippen molar-refractivity contribution in [3.63, 3.8) is 0 Å². The van der Waals surface area contributed by atoms with Crippen molar-refractivity contribution in [2.24, 2.45) is 0 Å². The molecule has 0 aliphatic carbocycles. The molecule has 2 unspecified atom stereocenters. The summed E-state index contributed by atoms with van der Waals surface area (Å²) < 4.78 is 9.30. The third-order valence-electron chi connectivity index (χ3n) is 1.49. The summed E-state index contributed by atoms with van der Waals surface area (Å²) in [5.74, 6) is -1.44. The predicted octanol–water partition coefficient (Wildman–Crippen LogP) is -1.05. The minimum atomic E-state index is -1.03. The van der Waals surface area contributed by atoms with E-state index in [9.17, 15) is 9.59 Å². The van der Waals surface area contributed by atoms with Crippen LogP contribution in [0.1, 0.15) is 6.92 Å². The van der Waals surface area contributed by atoms with Gasteiger partial charge in [-0.3, -0.25) is 10.1 Å². The highest BCUT2D eigenvalue weighted by atomic mass is 16.6. The van der Waals surface area contributed by atoms with Crippen molar-refractivity contribution in [1.82, 2.24) is 5.32 Å². The summed E-state index contributed by atoms with van der Waals surface area (Å²) in [5, 5.41) is 11.0. The summed E-state index contributed by atoms with van der Waals surface area (Å²) >= 11 is 0. The number of ether oxygens (including phenoxy) is 2. The van der Waals surface area contributed by atoms with Gasteiger partial charge in [0.15, 0.2) is 6.10 Å². The Labute approximate surface area is 74.8 Å². The van der Waals surface area contributed by atoms with Gasteiger partial charge in [-0.25, -0.2) is 4.79 Å². The van der Waals surface area contributed by atoms with Gasteiger partial charge in [-0.1, -0.05) is 0 Å². The molecule has 13 heavy (non-hydrogen) atoms. The molecule has 0 spiro atoms. The monoisotopic (exact) mass is 189 g/mol. The Hall–Kier alpha value is -1.14. The molecule has 1 rings (SSSR count). The van der Waals surface area contributed by atoms with Crippen LogP contribution in [0.4, 0.5) is 0 Å². The minimum absolute atomic E-state index is 0.0255. The lowest BCUT2D eigenvalue weighted by atomic mass is 10.4. The lowest BCUT2D eigenvalue weighted by Crippen LogP contribution is -2.29. The van der Waals surface area contributed by atoms with Gasteiger partial charge in [-0.05, 0) is 6.92 Å². The number of carboxylic acids is 1. The van der Waals surface area contributed by atoms with Gasteiger partial charge < -0.3 is 14.6 Å². The average Bonchev–Trinajstić information content (AvgIpc) is 2.80. The fourth-order valence-electron chi connectivity index (χ4n) is 0.851. The van der Waals surface area contributed by atoms with Gasteiger partial charge in [0, 0.05) is 0 Å². The number of nitrogens with one attached hydrogen (secondary N) is 1. The molecule has 0 amide bonds. The van der Waals surface area contributed by atoms with E-state index in [0.717, 1.165) is 0 Å². The van der Waals surface area contributed by atoms with E-state index in [2.05, 4.69) is 14.8 Å². The Morgan fingerprint density at radius 2 is 2.31 bits per heavy atom. The van der Waals surface area contributed by atoms with Gasteiger partial charge in [0.1, 0.15) is 6.23 Å². The van der Waals surface area contributed by atoms with Gasteiger partial charge in [0.05, 0.1) is 13.2 Å². The zero-order valence-corrected chi connectivity index (χ0v) is 7.15. The van der Waals surface area contributed by atoms with Crippen molar-refractivity contribution < 1.29 is 24.2 Å². The third kappa shape index (κ3) is 3.00. The van der Waals surface area contributed by atoms with Crippen LogP contribution in [0.25, 0.3) is 0 Å². The molecule has 1 fully saturated rings. The number of hydrogen-bond donors (Lipinski definition) is 2. The van der Waals surface area contributed by atoms with E-state index in [1.807, 2.05) is 0 Å². The second-order valence-corrected chi connectivity index (χ2v) is 2.50. The highest BCUT2D eigenvalue weighted by molar-refractivity contribution is 5.76. The van der Waals surface area contributed by atoms with Crippen molar-refractivity contribution in [2.75, 3.05) is 13.2 Å². The smallest absolute Gasteiger partial charge is 0.337 e. The molecule has 6 nitrogen and oxygen atoms in total. The summed E-state index contributed by atoms with van der Waals surface area (Å²) in [4.78, 5) is 21.0. The van der Waals surface area contributed by atoms with E-state index in [1.54, 1.807) is 6.92 Å². The molecule has 1 heterocycles. The van der Waals surface area contributed by atoms with Crippen molar-refractivity contribution in [3.8, 4) is 0 Å². The molecule has 0 bridgehead atoms. The summed E-state index contributed by atoms with van der Waals surface area (Å²) in [7, 11) is 0. The normalized spacial score (nSPS) is 25.3. The number of hydrogen-bond acceptors (Lipinski definition) is 5. The Bertz CT molecular complexity index is 217. The van der Waals surface area contributed by atoms with E-state index < -0.39 is 24.3 Å². The number of aliphatic carboxylic acids is 1. The van der Waals surface area contributed by atoms with Crippen LogP contribution in [0.5, 0.6) is 0 Å². The van der Waals surface area contributed by atoms with Gasteiger partial charge in [-0.2, -0.15) is 0 Å². The first-order chi connectivity index (χ1) is 6.15. The molecule has 1 saturated heterocycles. The van der Waals surface area contributed by atoms with Crippen molar-refractivity contribution >= 4 is 11.9 Å². The Morgan fingerprint density at radius 3 is 2.77 bits per heavy atom. The van der Waals surface area contributed by atoms with E-state index in [-0.39, 0.29) is 6.54 Å². The minimum Gasteiger partial charge on any atom is -0.479 e. The maximum atomic E-state index is 10.8. The van der Waals surface area contributed by atoms with Crippen LogP contribution in [0.2, 0.25) is 0 Å². The number of epoxide rings is 1. The van der Waals surface area contributed by atoms with Crippen LogP contribution in [0, 0.1) is 0 Å². The molecule has 0 aromatic rings. The summed E-state index contributed by atoms with van der Waals surface area (Å²) in [6.45, 7) is 1.99. The molecule has 0 aromatic carbocycles. The predicted molar refractivity (Wildman–Crippen MR) is 40.9 cm³/mol. The van der Waals surface area contributed by atoms with E-state index in [4.69, 9.17) is 5.11 Å². The number of carboxylic acid groups (broad SMARTS) is 1. The second-order valence-electron chi connectivity index (χ2n) is 2.50. The number of esters is 1. The Morgan fingerprint density at radius 1 is 1.62 bits per heavy atom. The third-order valence-corrected chi connectivity index (χ3v) is 1.49. The molecular weight excluding hydrogens is 178 g/mol. The first-order valence-corrected chi connectivity index (χ1v) is 3.92. The SMILES string of the molecule is CCOC(=O)CNC1OC1C(=O)O. The van der Waals surface area contributed by atoms with Crippen molar-refractivity contribution in [3.05, 3.63) is 0 Å². The molecular formula is C7H11NO5. The van der Waals surface area contributed by atoms with E-state index in [0.29, 0.717) is 6.61 Å². The van der Waals surface area contributed by atoms with Crippen LogP contribution < -0.4 is 5.32 Å². The number of carbonyl (C=O) groups is 2. The van der Waals surface area contributed by atoms with E-state index in [1.165, 1.54) is 0 Å². The molecule has 0 radical (unpaired) electrons. The van der Waals surface area contributed by atoms with Gasteiger partial charge in [0.25, 0.3) is 0 Å². The van der Waals surface area contributed by atoms with Crippen molar-refractivity contribution in [1.29, 1.82) is 0 Å². The van der Waals surface area contributed by atoms with Gasteiger partial charge in [0.2, 0.25) is 0 Å². The van der Waals surface area contributed by atoms with Crippen LogP contribution >= 0.6 is 0 Å². The Balaban J connectivity index is 2.09. The first kappa shape index (κ1) is 9.94. The lowest BCUT2D eigenvalue weighted by Gasteiger charge is -2.00. The number of carbonyl (C=O) groups excluding carboxylic acids is 1. The highest BCUT2D eigenvalue weighted by Gasteiger charge is 2.45. The fraction of sp³-hybridized carbons (Fsp3) is 0.714. The molecule has 1 aliphatic heterocycles. The zero-order chi connectivity index (χ0) is 9.84. The first-order valence-electron chi connectivity index (χ1n) is 3.92. The standard InChI is InChI=1S/C7H11NO5/c1-2-12-4(9)3-8-6-5(13-6)7(10)11/h5-6,8H,2-3H2,1H3,(H,10,11). The maximum Gasteiger partial charge on any atom is 0.337 e. The van der Waals surface area contributed by atoms with E-state index >= 15 is 0 Å². The molecule has 2 atom stereocenters. The number of rotatable bonds is 5. The maximum absolute atomic E-state index is 10.8. The molecule has 6 heteroatoms. The average molecular weight is 189 g/mol. The largest absolute Gasteiger partial charge is 0.479 e. The zero-order valence-electron chi connectivity index (χ0n) is 7.15. The van der Waals surface area contributed by atoms with Gasteiger partial charge in [-0.15, -0.1) is 0 Å². The molecule has 1 aliphatic rings.